The topological polar surface area (TPSA) is 64.2 Å². The Bertz CT molecular complexity index is 405. The van der Waals surface area contributed by atoms with Crippen LogP contribution in [0.2, 0.25) is 0 Å². The molecule has 5 heteroatoms. The molecule has 18 heavy (non-hydrogen) atoms. The van der Waals surface area contributed by atoms with Crippen LogP contribution in [0.15, 0.2) is 0 Å². The molecular weight excluding hydrogens is 228 g/mol. The van der Waals surface area contributed by atoms with Crippen molar-refractivity contribution in [3.05, 3.63) is 11.4 Å². The van der Waals surface area contributed by atoms with E-state index in [-0.39, 0.29) is 12.5 Å². The normalized spacial score (nSPS) is 10.7. The van der Waals surface area contributed by atoms with Crippen LogP contribution in [0.5, 0.6) is 0 Å². The molecule has 0 bridgehead atoms. The number of nitrogens with two attached hydrogens (primary N) is 1. The predicted molar refractivity (Wildman–Crippen MR) is 73.3 cm³/mol. The van der Waals surface area contributed by atoms with E-state index in [0.29, 0.717) is 5.69 Å². The van der Waals surface area contributed by atoms with E-state index in [4.69, 9.17) is 5.73 Å². The molecule has 1 rings (SSSR count). The van der Waals surface area contributed by atoms with Crippen LogP contribution in [0.1, 0.15) is 38.1 Å². The first-order chi connectivity index (χ1) is 8.51. The van der Waals surface area contributed by atoms with Gasteiger partial charge >= 0.3 is 0 Å². The van der Waals surface area contributed by atoms with Crippen molar-refractivity contribution in [2.45, 2.75) is 47.1 Å². The molecule has 2 N–H and O–H groups in total. The largest absolute Gasteiger partial charge is 0.396 e. The summed E-state index contributed by atoms with van der Waals surface area (Å²) in [5.41, 5.74) is 8.20. The van der Waals surface area contributed by atoms with E-state index in [2.05, 4.69) is 18.9 Å². The second-order valence-electron chi connectivity index (χ2n) is 4.62. The molecule has 0 aliphatic heterocycles. The molecule has 1 amide bonds. The molecule has 0 saturated carbocycles. The monoisotopic (exact) mass is 252 g/mol. The van der Waals surface area contributed by atoms with Gasteiger partial charge in [0.2, 0.25) is 5.91 Å². The maximum atomic E-state index is 12.2. The Kier molecular flexibility index (Phi) is 5.19. The van der Waals surface area contributed by atoms with Crippen molar-refractivity contribution < 1.29 is 4.79 Å². The maximum Gasteiger partial charge on any atom is 0.244 e. The highest BCUT2D eigenvalue weighted by Gasteiger charge is 2.15. The second kappa shape index (κ2) is 6.42. The van der Waals surface area contributed by atoms with Gasteiger partial charge in [0.05, 0.1) is 17.1 Å². The van der Waals surface area contributed by atoms with Crippen molar-refractivity contribution in [3.63, 3.8) is 0 Å². The predicted octanol–water partition coefficient (Wildman–Crippen LogP) is 1.73. The van der Waals surface area contributed by atoms with Crippen molar-refractivity contribution in [2.24, 2.45) is 0 Å². The van der Waals surface area contributed by atoms with Gasteiger partial charge in [0.1, 0.15) is 6.54 Å². The number of nitrogens with zero attached hydrogens (tertiary/aromatic N) is 3. The van der Waals surface area contributed by atoms with Gasteiger partial charge in [-0.2, -0.15) is 5.10 Å². The van der Waals surface area contributed by atoms with Crippen LogP contribution < -0.4 is 5.73 Å². The number of carbonyl (C=O) groups excluding carboxylic acids is 1. The Morgan fingerprint density at radius 1 is 1.28 bits per heavy atom. The molecule has 0 unspecified atom stereocenters. The van der Waals surface area contributed by atoms with Crippen LogP contribution in [0.4, 0.5) is 5.69 Å². The number of aryl methyl sites for hydroxylation is 1. The minimum absolute atomic E-state index is 0.115. The minimum atomic E-state index is 0.115. The molecule has 0 aliphatic carbocycles. The Morgan fingerprint density at radius 3 is 2.22 bits per heavy atom. The quantitative estimate of drug-likeness (QED) is 0.838. The highest BCUT2D eigenvalue weighted by Crippen LogP contribution is 2.14. The summed E-state index contributed by atoms with van der Waals surface area (Å²) in [4.78, 5) is 14.1. The summed E-state index contributed by atoms with van der Waals surface area (Å²) in [6.45, 7) is 9.81. The summed E-state index contributed by atoms with van der Waals surface area (Å²) in [6, 6.07) is 0. The molecule has 0 aromatic carbocycles. The van der Waals surface area contributed by atoms with Gasteiger partial charge in [-0.25, -0.2) is 0 Å². The number of anilines is 1. The van der Waals surface area contributed by atoms with Gasteiger partial charge in [-0.05, 0) is 26.7 Å². The highest BCUT2D eigenvalue weighted by molar-refractivity contribution is 5.76. The molecule has 0 fully saturated rings. The van der Waals surface area contributed by atoms with Crippen LogP contribution in [0, 0.1) is 13.8 Å². The van der Waals surface area contributed by atoms with E-state index in [9.17, 15) is 4.79 Å². The fraction of sp³-hybridized carbons (Fsp3) is 0.692. The molecule has 0 aliphatic rings. The summed E-state index contributed by atoms with van der Waals surface area (Å²) in [5.74, 6) is 0.115. The molecule has 102 valence electrons. The number of nitrogen functional groups attached to an aromatic ring is 1. The van der Waals surface area contributed by atoms with Gasteiger partial charge < -0.3 is 10.6 Å². The first kappa shape index (κ1) is 14.5. The summed E-state index contributed by atoms with van der Waals surface area (Å²) in [6.07, 6.45) is 1.95. The molecule has 0 spiro atoms. The van der Waals surface area contributed by atoms with E-state index in [1.165, 1.54) is 0 Å². The number of rotatable bonds is 6. The van der Waals surface area contributed by atoms with Crippen molar-refractivity contribution in [1.29, 1.82) is 0 Å². The zero-order chi connectivity index (χ0) is 13.7. The van der Waals surface area contributed by atoms with Crippen molar-refractivity contribution in [2.75, 3.05) is 18.8 Å². The smallest absolute Gasteiger partial charge is 0.244 e. The standard InChI is InChI=1S/C13H24N4O/c1-5-7-16(8-6-2)12(18)9-17-11(4)13(14)10(3)15-17/h5-9,14H2,1-4H3. The third-order valence-electron chi connectivity index (χ3n) is 3.06. The number of aromatic nitrogens is 2. The maximum absolute atomic E-state index is 12.2. The van der Waals surface area contributed by atoms with Crippen LogP contribution >= 0.6 is 0 Å². The summed E-state index contributed by atoms with van der Waals surface area (Å²) < 4.78 is 1.70. The number of carbonyl (C=O) groups is 1. The molecule has 0 radical (unpaired) electrons. The lowest BCUT2D eigenvalue weighted by Gasteiger charge is -2.21. The zero-order valence-corrected chi connectivity index (χ0v) is 11.9. The Balaban J connectivity index is 2.75. The van der Waals surface area contributed by atoms with Crippen LogP contribution in [0.25, 0.3) is 0 Å². The molecule has 1 aromatic rings. The molecule has 5 nitrogen and oxygen atoms in total. The lowest BCUT2D eigenvalue weighted by Crippen LogP contribution is -2.35. The molecular formula is C13H24N4O. The van der Waals surface area contributed by atoms with E-state index in [1.54, 1.807) is 4.68 Å². The summed E-state index contributed by atoms with van der Waals surface area (Å²) in [7, 11) is 0. The summed E-state index contributed by atoms with van der Waals surface area (Å²) in [5, 5.41) is 4.30. The Labute approximate surface area is 109 Å². The van der Waals surface area contributed by atoms with E-state index < -0.39 is 0 Å². The zero-order valence-electron chi connectivity index (χ0n) is 11.9. The van der Waals surface area contributed by atoms with E-state index >= 15 is 0 Å². The van der Waals surface area contributed by atoms with Crippen LogP contribution in [-0.2, 0) is 11.3 Å². The van der Waals surface area contributed by atoms with Crippen molar-refractivity contribution >= 4 is 11.6 Å². The summed E-state index contributed by atoms with van der Waals surface area (Å²) >= 11 is 0. The van der Waals surface area contributed by atoms with Gasteiger partial charge in [0.15, 0.2) is 0 Å². The van der Waals surface area contributed by atoms with Gasteiger partial charge in [-0.3, -0.25) is 9.48 Å². The Hall–Kier alpha value is -1.52. The molecule has 0 atom stereocenters. The first-order valence-corrected chi connectivity index (χ1v) is 6.58. The Morgan fingerprint density at radius 2 is 1.83 bits per heavy atom. The average Bonchev–Trinajstić information content (AvgIpc) is 2.57. The van der Waals surface area contributed by atoms with Crippen LogP contribution in [-0.4, -0.2) is 33.7 Å². The lowest BCUT2D eigenvalue weighted by atomic mass is 10.3. The minimum Gasteiger partial charge on any atom is -0.396 e. The average molecular weight is 252 g/mol. The van der Waals surface area contributed by atoms with Gasteiger partial charge in [-0.1, -0.05) is 13.8 Å². The molecule has 1 aromatic heterocycles. The first-order valence-electron chi connectivity index (χ1n) is 6.58. The SMILES string of the molecule is CCCN(CCC)C(=O)Cn1nc(C)c(N)c1C. The fourth-order valence-electron chi connectivity index (χ4n) is 1.99. The lowest BCUT2D eigenvalue weighted by molar-refractivity contribution is -0.132. The van der Waals surface area contributed by atoms with Crippen molar-refractivity contribution in [3.8, 4) is 0 Å². The van der Waals surface area contributed by atoms with Gasteiger partial charge in [0, 0.05) is 13.1 Å². The highest BCUT2D eigenvalue weighted by atomic mass is 16.2. The van der Waals surface area contributed by atoms with E-state index in [0.717, 1.165) is 37.3 Å². The van der Waals surface area contributed by atoms with E-state index in [1.807, 2.05) is 18.7 Å². The fourth-order valence-corrected chi connectivity index (χ4v) is 1.99. The number of hydrogen-bond donors (Lipinski definition) is 1. The molecule has 1 heterocycles. The van der Waals surface area contributed by atoms with Gasteiger partial charge in [-0.15, -0.1) is 0 Å². The number of amides is 1. The third kappa shape index (κ3) is 3.24. The van der Waals surface area contributed by atoms with Gasteiger partial charge in [0.25, 0.3) is 0 Å². The third-order valence-corrected chi connectivity index (χ3v) is 3.06. The second-order valence-corrected chi connectivity index (χ2v) is 4.62. The molecule has 0 saturated heterocycles. The van der Waals surface area contributed by atoms with Crippen LogP contribution in [0.3, 0.4) is 0 Å². The van der Waals surface area contributed by atoms with Crippen molar-refractivity contribution in [1.82, 2.24) is 14.7 Å². The number of hydrogen-bond acceptors (Lipinski definition) is 3.